The second kappa shape index (κ2) is 5.67. The second-order valence-corrected chi connectivity index (χ2v) is 7.07. The maximum atomic E-state index is 11.6. The minimum absolute atomic E-state index is 0.0399. The van der Waals surface area contributed by atoms with E-state index >= 15 is 0 Å². The number of carbonyl (C=O) groups excluding carboxylic acids is 1. The summed E-state index contributed by atoms with van der Waals surface area (Å²) in [5.41, 5.74) is 6.21. The molecule has 1 atom stereocenters. The van der Waals surface area contributed by atoms with E-state index in [4.69, 9.17) is 5.73 Å². The molecule has 0 bridgehead atoms. The predicted octanol–water partition coefficient (Wildman–Crippen LogP) is 2.30. The third-order valence-corrected chi connectivity index (χ3v) is 2.13. The van der Waals surface area contributed by atoms with Gasteiger partial charge in [0.05, 0.1) is 0 Å². The topological polar surface area (TPSA) is 55.1 Å². The van der Waals surface area contributed by atoms with Gasteiger partial charge in [0.25, 0.3) is 0 Å². The van der Waals surface area contributed by atoms with Gasteiger partial charge >= 0.3 is 0 Å². The van der Waals surface area contributed by atoms with Crippen LogP contribution < -0.4 is 11.1 Å². The van der Waals surface area contributed by atoms with Gasteiger partial charge < -0.3 is 11.1 Å². The molecule has 0 saturated heterocycles. The van der Waals surface area contributed by atoms with E-state index in [1.54, 1.807) is 0 Å². The fourth-order valence-electron chi connectivity index (χ4n) is 1.65. The summed E-state index contributed by atoms with van der Waals surface area (Å²) in [5.74, 6) is 0.0943. The van der Waals surface area contributed by atoms with E-state index in [0.29, 0.717) is 13.0 Å². The van der Waals surface area contributed by atoms with Crippen molar-refractivity contribution in [3.05, 3.63) is 0 Å². The van der Waals surface area contributed by atoms with Gasteiger partial charge in [0.2, 0.25) is 5.91 Å². The first-order valence-electron chi connectivity index (χ1n) is 6.02. The molecular weight excluding hydrogens is 200 g/mol. The molecule has 16 heavy (non-hydrogen) atoms. The van der Waals surface area contributed by atoms with Crippen LogP contribution in [0.3, 0.4) is 0 Å². The fourth-order valence-corrected chi connectivity index (χ4v) is 1.65. The standard InChI is InChI=1S/C13H28N2O/c1-12(2,3)7-10(14)9-15-11(16)8-13(4,5)6/h10H,7-9,14H2,1-6H3,(H,15,16). The summed E-state index contributed by atoms with van der Waals surface area (Å²) >= 11 is 0. The van der Waals surface area contributed by atoms with Crippen LogP contribution in [0.4, 0.5) is 0 Å². The monoisotopic (exact) mass is 228 g/mol. The van der Waals surface area contributed by atoms with E-state index in [-0.39, 0.29) is 22.8 Å². The average Bonchev–Trinajstić information content (AvgIpc) is 1.94. The number of amides is 1. The highest BCUT2D eigenvalue weighted by Gasteiger charge is 2.18. The van der Waals surface area contributed by atoms with Gasteiger partial charge in [-0.15, -0.1) is 0 Å². The Labute approximate surface area is 100 Å². The Bertz CT molecular complexity index is 223. The maximum Gasteiger partial charge on any atom is 0.220 e. The lowest BCUT2D eigenvalue weighted by molar-refractivity contribution is -0.122. The molecule has 0 aliphatic rings. The van der Waals surface area contributed by atoms with Crippen molar-refractivity contribution in [3.8, 4) is 0 Å². The Morgan fingerprint density at radius 1 is 1.12 bits per heavy atom. The summed E-state index contributed by atoms with van der Waals surface area (Å²) in [4.78, 5) is 11.6. The van der Waals surface area contributed by atoms with Crippen LogP contribution >= 0.6 is 0 Å². The second-order valence-electron chi connectivity index (χ2n) is 7.07. The van der Waals surface area contributed by atoms with Gasteiger partial charge in [-0.3, -0.25) is 4.79 Å². The van der Waals surface area contributed by atoms with Gasteiger partial charge in [0.15, 0.2) is 0 Å². The zero-order valence-corrected chi connectivity index (χ0v) is 11.7. The van der Waals surface area contributed by atoms with Crippen molar-refractivity contribution in [2.75, 3.05) is 6.54 Å². The lowest BCUT2D eigenvalue weighted by Gasteiger charge is -2.24. The van der Waals surface area contributed by atoms with Gasteiger partial charge in [0, 0.05) is 19.0 Å². The van der Waals surface area contributed by atoms with Crippen LogP contribution in [0.15, 0.2) is 0 Å². The Morgan fingerprint density at radius 2 is 1.62 bits per heavy atom. The molecule has 0 aromatic heterocycles. The third kappa shape index (κ3) is 9.97. The molecule has 3 heteroatoms. The Kier molecular flexibility index (Phi) is 5.47. The first-order valence-corrected chi connectivity index (χ1v) is 6.02. The molecule has 0 aliphatic heterocycles. The maximum absolute atomic E-state index is 11.6. The molecule has 96 valence electrons. The number of carbonyl (C=O) groups is 1. The zero-order valence-electron chi connectivity index (χ0n) is 11.7. The molecule has 1 unspecified atom stereocenters. The van der Waals surface area contributed by atoms with E-state index in [0.717, 1.165) is 6.42 Å². The average molecular weight is 228 g/mol. The van der Waals surface area contributed by atoms with E-state index < -0.39 is 0 Å². The smallest absolute Gasteiger partial charge is 0.220 e. The van der Waals surface area contributed by atoms with Crippen molar-refractivity contribution in [2.24, 2.45) is 16.6 Å². The van der Waals surface area contributed by atoms with Crippen molar-refractivity contribution in [3.63, 3.8) is 0 Å². The van der Waals surface area contributed by atoms with Crippen LogP contribution in [0.5, 0.6) is 0 Å². The van der Waals surface area contributed by atoms with Gasteiger partial charge in [0.1, 0.15) is 0 Å². The number of hydrogen-bond acceptors (Lipinski definition) is 2. The van der Waals surface area contributed by atoms with Gasteiger partial charge in [-0.05, 0) is 17.3 Å². The summed E-state index contributed by atoms with van der Waals surface area (Å²) < 4.78 is 0. The minimum Gasteiger partial charge on any atom is -0.355 e. The molecule has 0 spiro atoms. The van der Waals surface area contributed by atoms with Crippen molar-refractivity contribution in [1.29, 1.82) is 0 Å². The largest absolute Gasteiger partial charge is 0.355 e. The normalized spacial score (nSPS) is 14.7. The van der Waals surface area contributed by atoms with Crippen LogP contribution in [0.1, 0.15) is 54.4 Å². The molecule has 3 N–H and O–H groups in total. The van der Waals surface area contributed by atoms with Crippen LogP contribution in [0.25, 0.3) is 0 Å². The highest BCUT2D eigenvalue weighted by atomic mass is 16.1. The van der Waals surface area contributed by atoms with Crippen molar-refractivity contribution in [2.45, 2.75) is 60.4 Å². The molecule has 0 aromatic rings. The van der Waals surface area contributed by atoms with E-state index in [1.807, 2.05) is 0 Å². The van der Waals surface area contributed by atoms with Crippen molar-refractivity contribution < 1.29 is 4.79 Å². The number of nitrogens with one attached hydrogen (secondary N) is 1. The molecule has 0 fully saturated rings. The van der Waals surface area contributed by atoms with Gasteiger partial charge in [-0.25, -0.2) is 0 Å². The Morgan fingerprint density at radius 3 is 2.00 bits per heavy atom. The SMILES string of the molecule is CC(C)(C)CC(=O)NCC(N)CC(C)(C)C. The Balaban J connectivity index is 3.85. The summed E-state index contributed by atoms with van der Waals surface area (Å²) in [6.45, 7) is 13.2. The van der Waals surface area contributed by atoms with Gasteiger partial charge in [-0.2, -0.15) is 0 Å². The molecular formula is C13H28N2O. The molecule has 0 rings (SSSR count). The summed E-state index contributed by atoms with van der Waals surface area (Å²) in [6.07, 6.45) is 1.47. The van der Waals surface area contributed by atoms with E-state index in [2.05, 4.69) is 46.9 Å². The number of rotatable bonds is 4. The number of nitrogens with two attached hydrogens (primary N) is 1. The summed E-state index contributed by atoms with van der Waals surface area (Å²) in [7, 11) is 0. The third-order valence-electron chi connectivity index (χ3n) is 2.13. The minimum atomic E-state index is 0.0399. The molecule has 0 radical (unpaired) electrons. The van der Waals surface area contributed by atoms with Crippen molar-refractivity contribution >= 4 is 5.91 Å². The highest BCUT2D eigenvalue weighted by Crippen LogP contribution is 2.20. The first-order chi connectivity index (χ1) is 6.99. The van der Waals surface area contributed by atoms with E-state index in [9.17, 15) is 4.79 Å². The zero-order chi connectivity index (χ0) is 13.0. The highest BCUT2D eigenvalue weighted by molar-refractivity contribution is 5.76. The molecule has 3 nitrogen and oxygen atoms in total. The van der Waals surface area contributed by atoms with Crippen LogP contribution in [0, 0.1) is 10.8 Å². The van der Waals surface area contributed by atoms with Crippen LogP contribution in [0.2, 0.25) is 0 Å². The van der Waals surface area contributed by atoms with Crippen LogP contribution in [-0.4, -0.2) is 18.5 Å². The summed E-state index contributed by atoms with van der Waals surface area (Å²) in [6, 6.07) is 0.0453. The lowest BCUT2D eigenvalue weighted by atomic mass is 9.88. The van der Waals surface area contributed by atoms with E-state index in [1.165, 1.54) is 0 Å². The Hall–Kier alpha value is -0.570. The molecule has 0 heterocycles. The first kappa shape index (κ1) is 15.4. The predicted molar refractivity (Wildman–Crippen MR) is 69.1 cm³/mol. The molecule has 0 aromatic carbocycles. The summed E-state index contributed by atoms with van der Waals surface area (Å²) in [5, 5.41) is 2.90. The van der Waals surface area contributed by atoms with Crippen LogP contribution in [-0.2, 0) is 4.79 Å². The lowest BCUT2D eigenvalue weighted by Crippen LogP contribution is -2.40. The molecule has 1 amide bonds. The molecule has 0 aliphatic carbocycles. The van der Waals surface area contributed by atoms with Crippen molar-refractivity contribution in [1.82, 2.24) is 5.32 Å². The fraction of sp³-hybridized carbons (Fsp3) is 0.923. The quantitative estimate of drug-likeness (QED) is 0.775. The molecule has 0 saturated carbocycles. The number of hydrogen-bond donors (Lipinski definition) is 2. The van der Waals surface area contributed by atoms with Gasteiger partial charge in [-0.1, -0.05) is 41.5 Å².